The minimum absolute atomic E-state index is 0.135. The van der Waals surface area contributed by atoms with Crippen molar-refractivity contribution in [1.29, 1.82) is 0 Å². The number of nitrogens with zero attached hydrogens (tertiary/aromatic N) is 6. The Hall–Kier alpha value is -4.84. The van der Waals surface area contributed by atoms with Crippen LogP contribution in [0.3, 0.4) is 0 Å². The number of carbonyl (C=O) groups is 2. The van der Waals surface area contributed by atoms with Crippen molar-refractivity contribution in [3.63, 3.8) is 0 Å². The van der Waals surface area contributed by atoms with Gasteiger partial charge in [0.15, 0.2) is 10.3 Å². The largest absolute Gasteiger partial charge is 0.481 e. The number of esters is 1. The average molecular weight is 593 g/mol. The van der Waals surface area contributed by atoms with Gasteiger partial charge in [-0.05, 0) is 6.92 Å². The number of thiazole rings is 2. The first-order valence-corrected chi connectivity index (χ1v) is 12.7. The number of rotatable bonds is 11. The highest BCUT2D eigenvalue weighted by Gasteiger charge is 2.13. The summed E-state index contributed by atoms with van der Waals surface area (Å²) < 4.78 is 24.8. The number of aromatic nitrogens is 6. The number of hydrogen-bond acceptors (Lipinski definition) is 17. The maximum absolute atomic E-state index is 11.6. The SMILES string of the molecule is CCOC(=O)c1cnc(Nc2cc(OC)nc(OC)n2)s1.COc1cc(Nc2ncc(C(=O)O)s2)nc(OC)n1. The van der Waals surface area contributed by atoms with Gasteiger partial charge in [0.2, 0.25) is 11.8 Å². The van der Waals surface area contributed by atoms with Crippen LogP contribution >= 0.6 is 22.7 Å². The van der Waals surface area contributed by atoms with Crippen molar-refractivity contribution in [2.75, 3.05) is 45.7 Å². The second-order valence-electron chi connectivity index (χ2n) is 6.90. The number of ether oxygens (including phenoxy) is 5. The molecule has 4 heterocycles. The standard InChI is InChI=1S/C12H14N4O4S.C10H10N4O4S/c1-4-20-10(17)7-6-13-12(21-7)15-8-5-9(18-2)16-11(14-8)19-3;1-17-7-3-6(12-9(14-7)18-2)13-10-11-4-5(19-10)8(15)16/h5-6H,4H2,1-3H3,(H,13,14,15,16);3-4H,1-2H3,(H,15,16)(H,11,12,13,14). The van der Waals surface area contributed by atoms with Crippen molar-refractivity contribution < 1.29 is 38.4 Å². The van der Waals surface area contributed by atoms with E-state index in [0.29, 0.717) is 45.1 Å². The topological polar surface area (TPSA) is 202 Å². The summed E-state index contributed by atoms with van der Waals surface area (Å²) in [5, 5.41) is 15.5. The fourth-order valence-electron chi connectivity index (χ4n) is 2.61. The zero-order valence-electron chi connectivity index (χ0n) is 21.8. The summed E-state index contributed by atoms with van der Waals surface area (Å²) in [5.41, 5.74) is 0. The van der Waals surface area contributed by atoms with Gasteiger partial charge in [0, 0.05) is 12.1 Å². The molecule has 0 radical (unpaired) electrons. The maximum atomic E-state index is 11.6. The summed E-state index contributed by atoms with van der Waals surface area (Å²) in [6.07, 6.45) is 2.71. The molecule has 0 saturated carbocycles. The van der Waals surface area contributed by atoms with Crippen molar-refractivity contribution in [2.45, 2.75) is 6.92 Å². The Labute approximate surface area is 235 Å². The molecule has 18 heteroatoms. The number of carbonyl (C=O) groups excluding carboxylic acids is 1. The molecule has 0 aliphatic heterocycles. The quantitative estimate of drug-likeness (QED) is 0.214. The minimum atomic E-state index is -1.02. The van der Waals surface area contributed by atoms with Gasteiger partial charge in [-0.25, -0.2) is 19.6 Å². The molecule has 0 saturated heterocycles. The van der Waals surface area contributed by atoms with Crippen LogP contribution in [-0.2, 0) is 4.74 Å². The summed E-state index contributed by atoms with van der Waals surface area (Å²) in [4.78, 5) is 47.0. The predicted molar refractivity (Wildman–Crippen MR) is 144 cm³/mol. The van der Waals surface area contributed by atoms with E-state index in [-0.39, 0.29) is 16.9 Å². The van der Waals surface area contributed by atoms with E-state index in [0.717, 1.165) is 22.7 Å². The molecule has 3 N–H and O–H groups in total. The van der Waals surface area contributed by atoms with Crippen molar-refractivity contribution in [2.24, 2.45) is 0 Å². The van der Waals surface area contributed by atoms with Gasteiger partial charge in [0.25, 0.3) is 0 Å². The second kappa shape index (κ2) is 14.4. The lowest BCUT2D eigenvalue weighted by atomic mass is 10.5. The van der Waals surface area contributed by atoms with Crippen LogP contribution in [0.1, 0.15) is 26.3 Å². The van der Waals surface area contributed by atoms with Gasteiger partial charge >= 0.3 is 24.0 Å². The Kier molecular flexibility index (Phi) is 10.7. The number of methoxy groups -OCH3 is 4. The number of anilines is 4. The Bertz CT molecular complexity index is 1400. The normalized spacial score (nSPS) is 10.0. The molecule has 4 aromatic heterocycles. The van der Waals surface area contributed by atoms with Crippen molar-refractivity contribution >= 4 is 56.5 Å². The molecule has 0 bridgehead atoms. The number of hydrogen-bond donors (Lipinski definition) is 3. The molecule has 212 valence electrons. The van der Waals surface area contributed by atoms with Crippen LogP contribution in [-0.4, -0.2) is 82.0 Å². The molecule has 0 aromatic carbocycles. The number of nitrogens with one attached hydrogen (secondary N) is 2. The third-order valence-corrected chi connectivity index (χ3v) is 6.11. The zero-order chi connectivity index (χ0) is 29.1. The molecule has 0 atom stereocenters. The van der Waals surface area contributed by atoms with E-state index in [1.165, 1.54) is 40.8 Å². The van der Waals surface area contributed by atoms with Crippen LogP contribution in [0.25, 0.3) is 0 Å². The highest BCUT2D eigenvalue weighted by Crippen LogP contribution is 2.26. The molecule has 0 spiro atoms. The van der Waals surface area contributed by atoms with E-state index in [2.05, 4.69) is 40.5 Å². The fraction of sp³-hybridized carbons (Fsp3) is 0.273. The zero-order valence-corrected chi connectivity index (χ0v) is 23.5. The summed E-state index contributed by atoms with van der Waals surface area (Å²) in [5.74, 6) is 0.0960. The summed E-state index contributed by atoms with van der Waals surface area (Å²) in [6.45, 7) is 2.07. The number of aromatic carboxylic acids is 1. The molecular weight excluding hydrogens is 568 g/mol. The third-order valence-electron chi connectivity index (χ3n) is 4.32. The van der Waals surface area contributed by atoms with Gasteiger partial charge in [-0.2, -0.15) is 19.9 Å². The van der Waals surface area contributed by atoms with E-state index in [1.807, 2.05) is 0 Å². The average Bonchev–Trinajstić information content (AvgIpc) is 3.63. The smallest absolute Gasteiger partial charge is 0.350 e. The molecule has 0 aliphatic rings. The summed E-state index contributed by atoms with van der Waals surface area (Å²) in [6, 6.07) is 3.44. The minimum Gasteiger partial charge on any atom is -0.481 e. The van der Waals surface area contributed by atoms with Crippen LogP contribution in [0.2, 0.25) is 0 Å². The van der Waals surface area contributed by atoms with Crippen LogP contribution in [0, 0.1) is 0 Å². The molecule has 4 rings (SSSR count). The molecular formula is C22H24N8O8S2. The van der Waals surface area contributed by atoms with Crippen molar-refractivity contribution in [3.05, 3.63) is 34.3 Å². The van der Waals surface area contributed by atoms with E-state index in [9.17, 15) is 9.59 Å². The van der Waals surface area contributed by atoms with Gasteiger partial charge < -0.3 is 39.4 Å². The molecule has 0 unspecified atom stereocenters. The molecule has 4 aromatic rings. The van der Waals surface area contributed by atoms with Crippen LogP contribution in [0.5, 0.6) is 23.8 Å². The number of carboxylic acid groups (broad SMARTS) is 1. The number of carboxylic acids is 1. The van der Waals surface area contributed by atoms with Crippen LogP contribution in [0.15, 0.2) is 24.5 Å². The Morgan fingerprint density at radius 1 is 0.775 bits per heavy atom. The first-order chi connectivity index (χ1) is 19.3. The third kappa shape index (κ3) is 8.33. The first-order valence-electron chi connectivity index (χ1n) is 11.1. The highest BCUT2D eigenvalue weighted by molar-refractivity contribution is 7.17. The summed E-state index contributed by atoms with van der Waals surface area (Å²) >= 11 is 2.16. The fourth-order valence-corrected chi connectivity index (χ4v) is 3.98. The second-order valence-corrected chi connectivity index (χ2v) is 8.96. The highest BCUT2D eigenvalue weighted by atomic mass is 32.1. The Morgan fingerprint density at radius 2 is 1.25 bits per heavy atom. The van der Waals surface area contributed by atoms with Gasteiger partial charge in [0.05, 0.1) is 47.4 Å². The Morgan fingerprint density at radius 3 is 1.65 bits per heavy atom. The van der Waals surface area contributed by atoms with Gasteiger partial charge in [0.1, 0.15) is 21.4 Å². The molecule has 40 heavy (non-hydrogen) atoms. The molecule has 16 nitrogen and oxygen atoms in total. The predicted octanol–water partition coefficient (Wildman–Crippen LogP) is 3.26. The Balaban J connectivity index is 0.000000222. The van der Waals surface area contributed by atoms with E-state index in [4.69, 9.17) is 28.8 Å². The monoisotopic (exact) mass is 592 g/mol. The molecule has 0 aliphatic carbocycles. The van der Waals surface area contributed by atoms with Gasteiger partial charge in [-0.1, -0.05) is 22.7 Å². The molecule has 0 amide bonds. The van der Waals surface area contributed by atoms with E-state index < -0.39 is 11.9 Å². The van der Waals surface area contributed by atoms with Crippen molar-refractivity contribution in [1.82, 2.24) is 29.9 Å². The maximum Gasteiger partial charge on any atom is 0.350 e. The van der Waals surface area contributed by atoms with Gasteiger partial charge in [-0.15, -0.1) is 0 Å². The lowest BCUT2D eigenvalue weighted by Crippen LogP contribution is -2.01. The van der Waals surface area contributed by atoms with Crippen LogP contribution < -0.4 is 29.6 Å². The first kappa shape index (κ1) is 29.7. The summed E-state index contributed by atoms with van der Waals surface area (Å²) in [7, 11) is 5.86. The van der Waals surface area contributed by atoms with Crippen molar-refractivity contribution in [3.8, 4) is 23.8 Å². The van der Waals surface area contributed by atoms with Gasteiger partial charge in [-0.3, -0.25) is 0 Å². The van der Waals surface area contributed by atoms with E-state index >= 15 is 0 Å². The van der Waals surface area contributed by atoms with Crippen LogP contribution in [0.4, 0.5) is 21.9 Å². The lowest BCUT2D eigenvalue weighted by Gasteiger charge is -2.06. The van der Waals surface area contributed by atoms with E-state index in [1.54, 1.807) is 19.1 Å². The lowest BCUT2D eigenvalue weighted by molar-refractivity contribution is 0.0531. The molecule has 0 fully saturated rings.